The number of rotatable bonds is 3. The number of aromatic nitrogens is 1. The number of anilines is 1. The molecule has 0 amide bonds. The van der Waals surface area contributed by atoms with Crippen LogP contribution >= 0.6 is 0 Å². The lowest BCUT2D eigenvalue weighted by atomic mass is 10.2. The van der Waals surface area contributed by atoms with Gasteiger partial charge in [0.25, 0.3) is 15.7 Å². The van der Waals surface area contributed by atoms with E-state index in [-0.39, 0.29) is 12.1 Å². The molecule has 0 saturated heterocycles. The maximum Gasteiger partial charge on any atom is 0.276 e. The van der Waals surface area contributed by atoms with Gasteiger partial charge in [-0.1, -0.05) is 0 Å². The molecule has 0 radical (unpaired) electrons. The van der Waals surface area contributed by atoms with Crippen LogP contribution in [0.2, 0.25) is 0 Å². The van der Waals surface area contributed by atoms with Crippen molar-refractivity contribution in [1.29, 1.82) is 0 Å². The zero-order valence-electron chi connectivity index (χ0n) is 12.1. The average molecular weight is 337 g/mol. The molecule has 1 aromatic heterocycles. The van der Waals surface area contributed by atoms with Crippen molar-refractivity contribution >= 4 is 21.4 Å². The summed E-state index contributed by atoms with van der Waals surface area (Å²) >= 11 is 0. The van der Waals surface area contributed by atoms with E-state index in [9.17, 15) is 22.9 Å². The number of pyridine rings is 1. The summed E-state index contributed by atoms with van der Waals surface area (Å²) in [6, 6.07) is 3.27. The molecule has 0 atom stereocenters. The Morgan fingerprint density at radius 3 is 2.83 bits per heavy atom. The molecular weight excluding hydrogens is 325 g/mol. The lowest BCUT2D eigenvalue weighted by molar-refractivity contribution is -0.385. The first-order valence-corrected chi connectivity index (χ1v) is 8.16. The van der Waals surface area contributed by atoms with Crippen molar-refractivity contribution in [3.8, 4) is 0 Å². The van der Waals surface area contributed by atoms with Crippen LogP contribution < -0.4 is 4.31 Å². The van der Waals surface area contributed by atoms with Crippen LogP contribution in [0.1, 0.15) is 11.1 Å². The van der Waals surface area contributed by atoms with Crippen LogP contribution in [0.15, 0.2) is 35.5 Å². The molecule has 0 bridgehead atoms. The van der Waals surface area contributed by atoms with Crippen molar-refractivity contribution in [2.75, 3.05) is 10.8 Å². The third-order valence-corrected chi connectivity index (χ3v) is 5.60. The van der Waals surface area contributed by atoms with E-state index in [0.717, 1.165) is 22.0 Å². The third kappa shape index (κ3) is 2.42. The standard InChI is InChI=1S/C14H12FN3O4S/c1-9-12(15)6-11(7-14(9)18(19)20)23(21,22)17-5-3-10-8-16-4-2-13(10)17/h2,4,6-8H,3,5H2,1H3. The summed E-state index contributed by atoms with van der Waals surface area (Å²) in [6.07, 6.45) is 3.52. The van der Waals surface area contributed by atoms with E-state index in [1.807, 2.05) is 0 Å². The van der Waals surface area contributed by atoms with Crippen molar-refractivity contribution in [1.82, 2.24) is 4.98 Å². The lowest BCUT2D eigenvalue weighted by Crippen LogP contribution is -2.29. The molecule has 0 saturated carbocycles. The highest BCUT2D eigenvalue weighted by Crippen LogP contribution is 2.34. The highest BCUT2D eigenvalue weighted by Gasteiger charge is 2.33. The number of hydrogen-bond acceptors (Lipinski definition) is 5. The Balaban J connectivity index is 2.14. The second-order valence-corrected chi connectivity index (χ2v) is 7.00. The number of nitrogens with zero attached hydrogens (tertiary/aromatic N) is 3. The van der Waals surface area contributed by atoms with Gasteiger partial charge in [0.2, 0.25) is 0 Å². The molecule has 0 spiro atoms. The average Bonchev–Trinajstić information content (AvgIpc) is 2.94. The monoisotopic (exact) mass is 337 g/mol. The van der Waals surface area contributed by atoms with Crippen molar-refractivity contribution < 1.29 is 17.7 Å². The van der Waals surface area contributed by atoms with Gasteiger partial charge in [0, 0.05) is 25.0 Å². The van der Waals surface area contributed by atoms with Crippen LogP contribution in [0.3, 0.4) is 0 Å². The summed E-state index contributed by atoms with van der Waals surface area (Å²) in [5.74, 6) is -0.924. The molecule has 9 heteroatoms. The van der Waals surface area contributed by atoms with E-state index in [1.54, 1.807) is 12.3 Å². The van der Waals surface area contributed by atoms with Crippen molar-refractivity contribution in [2.45, 2.75) is 18.2 Å². The van der Waals surface area contributed by atoms with E-state index in [0.29, 0.717) is 12.1 Å². The molecule has 120 valence electrons. The molecule has 1 aromatic carbocycles. The van der Waals surface area contributed by atoms with E-state index in [2.05, 4.69) is 4.98 Å². The van der Waals surface area contributed by atoms with Gasteiger partial charge in [-0.05, 0) is 31.0 Å². The summed E-state index contributed by atoms with van der Waals surface area (Å²) in [4.78, 5) is 13.7. The Morgan fingerprint density at radius 2 is 2.13 bits per heavy atom. The second-order valence-electron chi connectivity index (χ2n) is 5.14. The Morgan fingerprint density at radius 1 is 1.39 bits per heavy atom. The molecule has 0 N–H and O–H groups in total. The van der Waals surface area contributed by atoms with E-state index in [1.165, 1.54) is 13.1 Å². The van der Waals surface area contributed by atoms with E-state index < -0.39 is 31.3 Å². The van der Waals surface area contributed by atoms with E-state index >= 15 is 0 Å². The van der Waals surface area contributed by atoms with Gasteiger partial charge in [0.15, 0.2) is 0 Å². The molecule has 2 aromatic rings. The Bertz CT molecular complexity index is 914. The van der Waals surface area contributed by atoms with Gasteiger partial charge in [0.05, 0.1) is 21.1 Å². The summed E-state index contributed by atoms with van der Waals surface area (Å²) in [5, 5.41) is 11.0. The fraction of sp³-hybridized carbons (Fsp3) is 0.214. The summed E-state index contributed by atoms with van der Waals surface area (Å²) < 4.78 is 40.5. The van der Waals surface area contributed by atoms with Crippen LogP contribution in [0.4, 0.5) is 15.8 Å². The number of benzene rings is 1. The number of nitro groups is 1. The van der Waals surface area contributed by atoms with Gasteiger partial charge in [-0.2, -0.15) is 0 Å². The predicted octanol–water partition coefficient (Wildman–Crippen LogP) is 2.19. The van der Waals surface area contributed by atoms with Crippen LogP contribution in [0.25, 0.3) is 0 Å². The first kappa shape index (κ1) is 15.3. The molecule has 3 rings (SSSR count). The number of nitro benzene ring substituents is 1. The zero-order valence-corrected chi connectivity index (χ0v) is 12.9. The Labute approximate surface area is 131 Å². The maximum atomic E-state index is 13.9. The highest BCUT2D eigenvalue weighted by atomic mass is 32.2. The highest BCUT2D eigenvalue weighted by molar-refractivity contribution is 7.92. The summed E-state index contributed by atoms with van der Waals surface area (Å²) in [5.41, 5.74) is 0.472. The van der Waals surface area contributed by atoms with Crippen LogP contribution in [-0.4, -0.2) is 24.9 Å². The smallest absolute Gasteiger partial charge is 0.266 e. The van der Waals surface area contributed by atoms with Gasteiger partial charge in [-0.3, -0.25) is 19.4 Å². The van der Waals surface area contributed by atoms with Gasteiger partial charge >= 0.3 is 0 Å². The number of sulfonamides is 1. The topological polar surface area (TPSA) is 93.4 Å². The SMILES string of the molecule is Cc1c(F)cc(S(=O)(=O)N2CCc3cnccc32)cc1[N+](=O)[O-]. The number of halogens is 1. The number of fused-ring (bicyclic) bond motifs is 1. The molecule has 0 aliphatic carbocycles. The predicted molar refractivity (Wildman–Crippen MR) is 80.3 cm³/mol. The van der Waals surface area contributed by atoms with Gasteiger partial charge in [0.1, 0.15) is 5.82 Å². The summed E-state index contributed by atoms with van der Waals surface area (Å²) in [7, 11) is -4.09. The molecule has 23 heavy (non-hydrogen) atoms. The van der Waals surface area contributed by atoms with Crippen LogP contribution in [-0.2, 0) is 16.4 Å². The lowest BCUT2D eigenvalue weighted by Gasteiger charge is -2.19. The van der Waals surface area contributed by atoms with E-state index in [4.69, 9.17) is 0 Å². The summed E-state index contributed by atoms with van der Waals surface area (Å²) in [6.45, 7) is 1.42. The zero-order chi connectivity index (χ0) is 16.8. The first-order chi connectivity index (χ1) is 10.8. The van der Waals surface area contributed by atoms with Gasteiger partial charge in [-0.25, -0.2) is 12.8 Å². The minimum absolute atomic E-state index is 0.187. The van der Waals surface area contributed by atoms with Gasteiger partial charge in [-0.15, -0.1) is 0 Å². The maximum absolute atomic E-state index is 13.9. The minimum Gasteiger partial charge on any atom is -0.266 e. The fourth-order valence-corrected chi connectivity index (χ4v) is 4.09. The van der Waals surface area contributed by atoms with Crippen molar-refractivity contribution in [3.63, 3.8) is 0 Å². The number of hydrogen-bond donors (Lipinski definition) is 0. The van der Waals surface area contributed by atoms with Crippen molar-refractivity contribution in [2.24, 2.45) is 0 Å². The molecule has 0 unspecified atom stereocenters. The molecule has 0 fully saturated rings. The third-order valence-electron chi connectivity index (χ3n) is 3.81. The fourth-order valence-electron chi connectivity index (χ4n) is 2.55. The normalized spacial score (nSPS) is 13.9. The molecule has 2 heterocycles. The molecular formula is C14H12FN3O4S. The van der Waals surface area contributed by atoms with Crippen LogP contribution in [0, 0.1) is 22.9 Å². The Hall–Kier alpha value is -2.55. The second kappa shape index (κ2) is 5.27. The minimum atomic E-state index is -4.09. The van der Waals surface area contributed by atoms with Gasteiger partial charge < -0.3 is 0 Å². The largest absolute Gasteiger partial charge is 0.276 e. The molecule has 1 aliphatic heterocycles. The first-order valence-electron chi connectivity index (χ1n) is 6.72. The van der Waals surface area contributed by atoms with Crippen LogP contribution in [0.5, 0.6) is 0 Å². The molecule has 1 aliphatic rings. The quantitative estimate of drug-likeness (QED) is 0.632. The van der Waals surface area contributed by atoms with Crippen molar-refractivity contribution in [3.05, 3.63) is 57.7 Å². The Kier molecular flexibility index (Phi) is 3.52. The molecule has 7 nitrogen and oxygen atoms in total.